The zero-order valence-electron chi connectivity index (χ0n) is 10.3. The number of nitrogens with zero attached hydrogens (tertiary/aromatic N) is 2. The summed E-state index contributed by atoms with van der Waals surface area (Å²) in [5.74, 6) is 1.09. The maximum atomic E-state index is 5.62. The molecule has 0 aromatic carbocycles. The molecule has 17 heavy (non-hydrogen) atoms. The third-order valence-corrected chi connectivity index (χ3v) is 2.75. The van der Waals surface area contributed by atoms with E-state index < -0.39 is 0 Å². The fraction of sp³-hybridized carbons (Fsp3) is 0.385. The van der Waals surface area contributed by atoms with Gasteiger partial charge in [-0.2, -0.15) is 4.98 Å². The zero-order chi connectivity index (χ0) is 12.3. The average Bonchev–Trinajstić information content (AvgIpc) is 2.42. The molecule has 1 aromatic heterocycles. The maximum absolute atomic E-state index is 5.62. The van der Waals surface area contributed by atoms with Crippen LogP contribution in [0.15, 0.2) is 29.5 Å². The minimum absolute atomic E-state index is 0.313. The number of nitrogens with two attached hydrogens (primary N) is 1. The second kappa shape index (κ2) is 4.99. The lowest BCUT2D eigenvalue weighted by Gasteiger charge is -2.09. The monoisotopic (exact) mass is 230 g/mol. The number of nitrogens with one attached hydrogen (secondary N) is 1. The van der Waals surface area contributed by atoms with Crippen LogP contribution in [0.25, 0.3) is 0 Å². The maximum Gasteiger partial charge on any atom is 0.222 e. The van der Waals surface area contributed by atoms with Gasteiger partial charge in [-0.15, -0.1) is 0 Å². The molecule has 3 N–H and O–H groups in total. The molecule has 1 aliphatic rings. The molecule has 2 rings (SSSR count). The van der Waals surface area contributed by atoms with Crippen LogP contribution in [0.4, 0.5) is 11.8 Å². The number of hydrogen-bond donors (Lipinski definition) is 2. The molecule has 0 unspecified atom stereocenters. The van der Waals surface area contributed by atoms with Crippen LogP contribution >= 0.6 is 0 Å². The van der Waals surface area contributed by atoms with Crippen LogP contribution in [-0.2, 0) is 0 Å². The van der Waals surface area contributed by atoms with Crippen LogP contribution < -0.4 is 11.1 Å². The lowest BCUT2D eigenvalue weighted by Crippen LogP contribution is -2.05. The van der Waals surface area contributed by atoms with Gasteiger partial charge < -0.3 is 11.1 Å². The molecule has 0 saturated heterocycles. The van der Waals surface area contributed by atoms with E-state index in [9.17, 15) is 0 Å². The molecule has 90 valence electrons. The summed E-state index contributed by atoms with van der Waals surface area (Å²) in [4.78, 5) is 8.22. The van der Waals surface area contributed by atoms with E-state index in [1.54, 1.807) is 0 Å². The fourth-order valence-electron chi connectivity index (χ4n) is 1.89. The number of hydrogen-bond acceptors (Lipinski definition) is 4. The Balaban J connectivity index is 2.15. The average molecular weight is 230 g/mol. The largest absolute Gasteiger partial charge is 0.368 e. The summed E-state index contributed by atoms with van der Waals surface area (Å²) in [6.45, 7) is 4.07. The van der Waals surface area contributed by atoms with E-state index >= 15 is 0 Å². The van der Waals surface area contributed by atoms with Crippen molar-refractivity contribution in [3.8, 4) is 0 Å². The molecule has 0 saturated carbocycles. The van der Waals surface area contributed by atoms with E-state index in [0.717, 1.165) is 24.4 Å². The van der Waals surface area contributed by atoms with Gasteiger partial charge in [0.05, 0.1) is 0 Å². The highest BCUT2D eigenvalue weighted by Gasteiger charge is 2.04. The number of anilines is 2. The summed E-state index contributed by atoms with van der Waals surface area (Å²) in [5.41, 5.74) is 9.10. The molecule has 0 atom stereocenters. The lowest BCUT2D eigenvalue weighted by molar-refractivity contribution is 0.815. The molecular weight excluding hydrogens is 212 g/mol. The van der Waals surface area contributed by atoms with Gasteiger partial charge in [-0.25, -0.2) is 4.98 Å². The standard InChI is InChI=1S/C13H18N4/c1-9-4-3-5-11(7-6-9)16-12-8-10(2)15-13(14)17-12/h6-8H,3-5H2,1-2H3,(H3,14,15,16,17). The molecule has 4 heteroatoms. The van der Waals surface area contributed by atoms with Crippen molar-refractivity contribution in [3.05, 3.63) is 35.2 Å². The topological polar surface area (TPSA) is 63.8 Å². The first-order valence-electron chi connectivity index (χ1n) is 5.88. The molecule has 0 fully saturated rings. The van der Waals surface area contributed by atoms with Crippen molar-refractivity contribution in [1.29, 1.82) is 0 Å². The molecule has 1 aliphatic carbocycles. The molecule has 4 nitrogen and oxygen atoms in total. The van der Waals surface area contributed by atoms with Gasteiger partial charge in [-0.1, -0.05) is 11.6 Å². The van der Waals surface area contributed by atoms with Crippen LogP contribution in [0.1, 0.15) is 31.9 Å². The summed E-state index contributed by atoms with van der Waals surface area (Å²) < 4.78 is 0. The Labute approximate surface area is 102 Å². The van der Waals surface area contributed by atoms with Gasteiger partial charge in [0, 0.05) is 17.5 Å². The fourth-order valence-corrected chi connectivity index (χ4v) is 1.89. The van der Waals surface area contributed by atoms with Gasteiger partial charge >= 0.3 is 0 Å². The summed E-state index contributed by atoms with van der Waals surface area (Å²) in [6.07, 6.45) is 7.65. The van der Waals surface area contributed by atoms with Gasteiger partial charge in [0.2, 0.25) is 5.95 Å². The molecular formula is C13H18N4. The normalized spacial score (nSPS) is 15.9. The van der Waals surface area contributed by atoms with Gasteiger partial charge in [0.15, 0.2) is 0 Å². The zero-order valence-corrected chi connectivity index (χ0v) is 10.3. The third kappa shape index (κ3) is 3.31. The van der Waals surface area contributed by atoms with Crippen molar-refractivity contribution < 1.29 is 0 Å². The second-order valence-electron chi connectivity index (χ2n) is 4.44. The summed E-state index contributed by atoms with van der Waals surface area (Å²) in [7, 11) is 0. The van der Waals surface area contributed by atoms with Crippen LogP contribution in [0.3, 0.4) is 0 Å². The minimum atomic E-state index is 0.313. The quantitative estimate of drug-likeness (QED) is 0.820. The first kappa shape index (κ1) is 11.6. The van der Waals surface area contributed by atoms with E-state index in [0.29, 0.717) is 5.95 Å². The molecule has 0 amide bonds. The van der Waals surface area contributed by atoms with E-state index in [-0.39, 0.29) is 0 Å². The molecule has 0 aliphatic heterocycles. The Hall–Kier alpha value is -1.84. The molecule has 0 bridgehead atoms. The molecule has 1 aromatic rings. The van der Waals surface area contributed by atoms with Crippen molar-refractivity contribution in [2.24, 2.45) is 0 Å². The van der Waals surface area contributed by atoms with Crippen molar-refractivity contribution in [2.75, 3.05) is 11.1 Å². The van der Waals surface area contributed by atoms with Gasteiger partial charge in [-0.3, -0.25) is 0 Å². The number of nitrogen functional groups attached to an aromatic ring is 1. The van der Waals surface area contributed by atoms with Crippen molar-refractivity contribution in [3.63, 3.8) is 0 Å². The Bertz CT molecular complexity index is 454. The smallest absolute Gasteiger partial charge is 0.222 e. The van der Waals surface area contributed by atoms with Gasteiger partial charge in [0.25, 0.3) is 0 Å². The third-order valence-electron chi connectivity index (χ3n) is 2.75. The number of aryl methyl sites for hydroxylation is 1. The first-order valence-corrected chi connectivity index (χ1v) is 5.88. The lowest BCUT2D eigenvalue weighted by atomic mass is 10.1. The highest BCUT2D eigenvalue weighted by Crippen LogP contribution is 2.19. The van der Waals surface area contributed by atoms with Crippen molar-refractivity contribution >= 4 is 11.8 Å². The number of rotatable bonds is 2. The highest BCUT2D eigenvalue weighted by molar-refractivity contribution is 5.46. The van der Waals surface area contributed by atoms with Crippen LogP contribution in [0, 0.1) is 6.92 Å². The summed E-state index contributed by atoms with van der Waals surface area (Å²) in [6, 6.07) is 1.90. The van der Waals surface area contributed by atoms with Crippen LogP contribution in [0.5, 0.6) is 0 Å². The first-order chi connectivity index (χ1) is 8.13. The predicted molar refractivity (Wildman–Crippen MR) is 70.5 cm³/mol. The van der Waals surface area contributed by atoms with E-state index in [1.807, 2.05) is 13.0 Å². The van der Waals surface area contributed by atoms with Crippen molar-refractivity contribution in [2.45, 2.75) is 33.1 Å². The van der Waals surface area contributed by atoms with E-state index in [2.05, 4.69) is 34.4 Å². The number of allylic oxidation sites excluding steroid dienone is 4. The number of aromatic nitrogens is 2. The molecule has 0 spiro atoms. The summed E-state index contributed by atoms with van der Waals surface area (Å²) in [5, 5.41) is 3.31. The predicted octanol–water partition coefficient (Wildman–Crippen LogP) is 2.79. The SMILES string of the molecule is CC1=CC=C(Nc2cc(C)nc(N)n2)CCC1. The highest BCUT2D eigenvalue weighted by atomic mass is 15.1. The van der Waals surface area contributed by atoms with Crippen molar-refractivity contribution in [1.82, 2.24) is 9.97 Å². The van der Waals surface area contributed by atoms with Gasteiger partial charge in [0.1, 0.15) is 5.82 Å². The molecule has 0 radical (unpaired) electrons. The minimum Gasteiger partial charge on any atom is -0.368 e. The van der Waals surface area contributed by atoms with Crippen LogP contribution in [-0.4, -0.2) is 9.97 Å². The second-order valence-corrected chi connectivity index (χ2v) is 4.44. The Morgan fingerprint density at radius 3 is 2.76 bits per heavy atom. The molecule has 1 heterocycles. The van der Waals surface area contributed by atoms with E-state index in [4.69, 9.17) is 5.73 Å². The summed E-state index contributed by atoms with van der Waals surface area (Å²) >= 11 is 0. The Morgan fingerprint density at radius 2 is 2.00 bits per heavy atom. The van der Waals surface area contributed by atoms with E-state index in [1.165, 1.54) is 17.7 Å². The Kier molecular flexibility index (Phi) is 3.42. The van der Waals surface area contributed by atoms with Crippen LogP contribution in [0.2, 0.25) is 0 Å². The Morgan fingerprint density at radius 1 is 1.18 bits per heavy atom. The van der Waals surface area contributed by atoms with Gasteiger partial charge in [-0.05, 0) is 39.2 Å².